The fourth-order valence-electron chi connectivity index (χ4n) is 1.68. The van der Waals surface area contributed by atoms with Gasteiger partial charge in [-0.15, -0.1) is 0 Å². The van der Waals surface area contributed by atoms with E-state index in [4.69, 9.17) is 16.3 Å². The second kappa shape index (κ2) is 5.16. The lowest BCUT2D eigenvalue weighted by Gasteiger charge is -2.15. The number of nitrogens with zero attached hydrogens (tertiary/aromatic N) is 2. The summed E-state index contributed by atoms with van der Waals surface area (Å²) in [4.78, 5) is 17.3. The van der Waals surface area contributed by atoms with E-state index in [1.54, 1.807) is 18.3 Å². The third-order valence-corrected chi connectivity index (χ3v) is 2.82. The van der Waals surface area contributed by atoms with Crippen molar-refractivity contribution in [2.75, 3.05) is 19.7 Å². The summed E-state index contributed by atoms with van der Waals surface area (Å²) in [6.45, 7) is 1.71. The highest BCUT2D eigenvalue weighted by Gasteiger charge is 2.18. The Morgan fingerprint density at radius 1 is 1.50 bits per heavy atom. The predicted molar refractivity (Wildman–Crippen MR) is 60.6 cm³/mol. The first kappa shape index (κ1) is 11.2. The molecule has 0 aromatic carbocycles. The number of likely N-dealkylation sites (tertiary alicyclic amines) is 1. The molecule has 0 atom stereocenters. The van der Waals surface area contributed by atoms with E-state index in [-0.39, 0.29) is 17.7 Å². The van der Waals surface area contributed by atoms with Gasteiger partial charge in [-0.3, -0.25) is 4.79 Å². The lowest BCUT2D eigenvalue weighted by atomic mass is 10.4. The zero-order chi connectivity index (χ0) is 11.4. The van der Waals surface area contributed by atoms with E-state index in [0.29, 0.717) is 5.75 Å². The van der Waals surface area contributed by atoms with Crippen LogP contribution in [0.2, 0.25) is 5.15 Å². The summed E-state index contributed by atoms with van der Waals surface area (Å²) in [5.41, 5.74) is 0. The van der Waals surface area contributed by atoms with Crippen LogP contribution in [0.15, 0.2) is 18.3 Å². The van der Waals surface area contributed by atoms with Gasteiger partial charge in [0.2, 0.25) is 0 Å². The van der Waals surface area contributed by atoms with Crippen LogP contribution in [0.1, 0.15) is 12.8 Å². The van der Waals surface area contributed by atoms with Crippen molar-refractivity contribution in [3.63, 3.8) is 0 Å². The van der Waals surface area contributed by atoms with Gasteiger partial charge < -0.3 is 9.64 Å². The van der Waals surface area contributed by atoms with Crippen molar-refractivity contribution >= 4 is 17.5 Å². The number of ether oxygens (including phenoxy) is 1. The molecule has 1 amide bonds. The number of rotatable bonds is 3. The number of carbonyl (C=O) groups excluding carboxylic acids is 1. The van der Waals surface area contributed by atoms with Gasteiger partial charge in [-0.2, -0.15) is 0 Å². The fraction of sp³-hybridized carbons (Fsp3) is 0.455. The third-order valence-electron chi connectivity index (χ3n) is 2.53. The minimum atomic E-state index is 0.0115. The molecule has 2 heterocycles. The molecule has 1 saturated heterocycles. The quantitative estimate of drug-likeness (QED) is 0.756. The van der Waals surface area contributed by atoms with Crippen molar-refractivity contribution in [3.05, 3.63) is 23.5 Å². The van der Waals surface area contributed by atoms with E-state index < -0.39 is 0 Å². The SMILES string of the molecule is O=C(COc1cccnc1Cl)N1CCCC1. The first-order valence-electron chi connectivity index (χ1n) is 5.28. The Labute approximate surface area is 99.2 Å². The maximum absolute atomic E-state index is 11.7. The second-order valence-electron chi connectivity index (χ2n) is 3.67. The number of pyridine rings is 1. The van der Waals surface area contributed by atoms with Gasteiger partial charge in [0.1, 0.15) is 0 Å². The third kappa shape index (κ3) is 2.64. The van der Waals surface area contributed by atoms with Crippen LogP contribution < -0.4 is 4.74 Å². The Bertz CT molecular complexity index is 378. The van der Waals surface area contributed by atoms with Crippen LogP contribution in [0.5, 0.6) is 5.75 Å². The van der Waals surface area contributed by atoms with Crippen LogP contribution in [-0.4, -0.2) is 35.5 Å². The smallest absolute Gasteiger partial charge is 0.260 e. The average Bonchev–Trinajstić information content (AvgIpc) is 2.81. The van der Waals surface area contributed by atoms with Crippen molar-refractivity contribution in [3.8, 4) is 5.75 Å². The maximum atomic E-state index is 11.7. The van der Waals surface area contributed by atoms with Crippen LogP contribution in [0.4, 0.5) is 0 Å². The van der Waals surface area contributed by atoms with E-state index in [1.807, 2.05) is 4.90 Å². The molecule has 4 nitrogen and oxygen atoms in total. The lowest BCUT2D eigenvalue weighted by Crippen LogP contribution is -2.32. The van der Waals surface area contributed by atoms with Crippen LogP contribution in [0.3, 0.4) is 0 Å². The molecule has 86 valence electrons. The van der Waals surface area contributed by atoms with Gasteiger partial charge in [-0.1, -0.05) is 11.6 Å². The minimum Gasteiger partial charge on any atom is -0.481 e. The highest BCUT2D eigenvalue weighted by atomic mass is 35.5. The molecule has 2 rings (SSSR count). The molecule has 1 aliphatic heterocycles. The molecule has 16 heavy (non-hydrogen) atoms. The lowest BCUT2D eigenvalue weighted by molar-refractivity contribution is -0.132. The Hall–Kier alpha value is -1.29. The molecule has 5 heteroatoms. The van der Waals surface area contributed by atoms with Gasteiger partial charge >= 0.3 is 0 Å². The van der Waals surface area contributed by atoms with E-state index in [0.717, 1.165) is 25.9 Å². The highest BCUT2D eigenvalue weighted by Crippen LogP contribution is 2.20. The van der Waals surface area contributed by atoms with Gasteiger partial charge in [-0.05, 0) is 25.0 Å². The Morgan fingerprint density at radius 3 is 2.94 bits per heavy atom. The highest BCUT2D eigenvalue weighted by molar-refractivity contribution is 6.30. The van der Waals surface area contributed by atoms with Crippen molar-refractivity contribution in [2.45, 2.75) is 12.8 Å². The van der Waals surface area contributed by atoms with Crippen LogP contribution in [0, 0.1) is 0 Å². The molecule has 0 unspecified atom stereocenters. The zero-order valence-electron chi connectivity index (χ0n) is 8.86. The van der Waals surface area contributed by atoms with Crippen molar-refractivity contribution in [2.24, 2.45) is 0 Å². The van der Waals surface area contributed by atoms with Crippen LogP contribution in [-0.2, 0) is 4.79 Å². The van der Waals surface area contributed by atoms with Gasteiger partial charge in [0, 0.05) is 19.3 Å². The number of carbonyl (C=O) groups is 1. The van der Waals surface area contributed by atoms with E-state index in [2.05, 4.69) is 4.98 Å². The predicted octanol–water partition coefficient (Wildman–Crippen LogP) is 1.74. The second-order valence-corrected chi connectivity index (χ2v) is 4.03. The minimum absolute atomic E-state index is 0.0115. The first-order chi connectivity index (χ1) is 7.77. The molecule has 0 N–H and O–H groups in total. The summed E-state index contributed by atoms with van der Waals surface area (Å²) >= 11 is 5.81. The molecular weight excluding hydrogens is 228 g/mol. The normalized spacial score (nSPS) is 15.2. The molecule has 0 aliphatic carbocycles. The number of hydrogen-bond acceptors (Lipinski definition) is 3. The maximum Gasteiger partial charge on any atom is 0.260 e. The van der Waals surface area contributed by atoms with Gasteiger partial charge in [0.15, 0.2) is 17.5 Å². The summed E-state index contributed by atoms with van der Waals surface area (Å²) in [5, 5.41) is 0.289. The number of aromatic nitrogens is 1. The Balaban J connectivity index is 1.87. The molecule has 0 radical (unpaired) electrons. The molecule has 0 spiro atoms. The summed E-state index contributed by atoms with van der Waals surface area (Å²) < 4.78 is 5.33. The van der Waals surface area contributed by atoms with E-state index in [1.165, 1.54) is 0 Å². The van der Waals surface area contributed by atoms with Crippen molar-refractivity contribution in [1.82, 2.24) is 9.88 Å². The molecule has 0 bridgehead atoms. The fourth-order valence-corrected chi connectivity index (χ4v) is 1.85. The van der Waals surface area contributed by atoms with Crippen molar-refractivity contribution < 1.29 is 9.53 Å². The van der Waals surface area contributed by atoms with Gasteiger partial charge in [-0.25, -0.2) is 4.98 Å². The van der Waals surface area contributed by atoms with Gasteiger partial charge in [0.05, 0.1) is 0 Å². The first-order valence-corrected chi connectivity index (χ1v) is 5.66. The number of amides is 1. The summed E-state index contributed by atoms with van der Waals surface area (Å²) in [7, 11) is 0. The molecule has 1 aromatic rings. The Kier molecular flexibility index (Phi) is 3.62. The molecule has 1 aromatic heterocycles. The largest absolute Gasteiger partial charge is 0.481 e. The topological polar surface area (TPSA) is 42.4 Å². The molecular formula is C11H13ClN2O2. The molecule has 1 aliphatic rings. The van der Waals surface area contributed by atoms with Crippen LogP contribution >= 0.6 is 11.6 Å². The number of halogens is 1. The summed E-state index contributed by atoms with van der Waals surface area (Å²) in [6, 6.07) is 3.42. The average molecular weight is 241 g/mol. The molecule has 1 fully saturated rings. The number of hydrogen-bond donors (Lipinski definition) is 0. The Morgan fingerprint density at radius 2 is 2.25 bits per heavy atom. The van der Waals surface area contributed by atoms with Crippen LogP contribution in [0.25, 0.3) is 0 Å². The van der Waals surface area contributed by atoms with E-state index >= 15 is 0 Å². The van der Waals surface area contributed by atoms with Crippen molar-refractivity contribution in [1.29, 1.82) is 0 Å². The summed E-state index contributed by atoms with van der Waals surface area (Å²) in [6.07, 6.45) is 3.75. The monoisotopic (exact) mass is 240 g/mol. The summed E-state index contributed by atoms with van der Waals surface area (Å²) in [5.74, 6) is 0.467. The zero-order valence-corrected chi connectivity index (χ0v) is 9.61. The standard InChI is InChI=1S/C11H13ClN2O2/c12-11-9(4-3-5-13-11)16-8-10(15)14-6-1-2-7-14/h3-5H,1-2,6-8H2. The van der Waals surface area contributed by atoms with E-state index in [9.17, 15) is 4.79 Å². The van der Waals surface area contributed by atoms with Gasteiger partial charge in [0.25, 0.3) is 5.91 Å². The molecule has 0 saturated carbocycles.